The molecule has 0 bridgehead atoms. The second-order valence-electron chi connectivity index (χ2n) is 5.83. The van der Waals surface area contributed by atoms with Gasteiger partial charge in [-0.2, -0.15) is 5.26 Å². The predicted octanol–water partition coefficient (Wildman–Crippen LogP) is 4.23. The Kier molecular flexibility index (Phi) is 7.43. The summed E-state index contributed by atoms with van der Waals surface area (Å²) in [5.41, 5.74) is 1.56. The molecule has 30 heavy (non-hydrogen) atoms. The van der Waals surface area contributed by atoms with Crippen LogP contribution in [0.1, 0.15) is 10.5 Å². The number of para-hydroxylation sites is 1. The molecule has 7 nitrogen and oxygen atoms in total. The van der Waals surface area contributed by atoms with Crippen LogP contribution >= 0.6 is 23.1 Å². The highest BCUT2D eigenvalue weighted by Gasteiger charge is 2.16. The number of carbonyl (C=O) groups is 2. The van der Waals surface area contributed by atoms with Gasteiger partial charge in [-0.15, -0.1) is 23.1 Å². The number of hydrogen-bond donors (Lipinski definition) is 1. The van der Waals surface area contributed by atoms with Crippen molar-refractivity contribution < 1.29 is 19.1 Å². The molecule has 0 saturated carbocycles. The van der Waals surface area contributed by atoms with E-state index in [0.29, 0.717) is 10.7 Å². The van der Waals surface area contributed by atoms with Gasteiger partial charge < -0.3 is 14.8 Å². The average Bonchev–Trinajstić information content (AvgIpc) is 3.27. The van der Waals surface area contributed by atoms with E-state index in [-0.39, 0.29) is 11.4 Å². The number of carbonyl (C=O) groups excluding carboxylic acids is 2. The van der Waals surface area contributed by atoms with E-state index in [1.807, 2.05) is 36.4 Å². The van der Waals surface area contributed by atoms with Gasteiger partial charge in [-0.05, 0) is 36.4 Å². The Morgan fingerprint density at radius 1 is 1.20 bits per heavy atom. The van der Waals surface area contributed by atoms with Crippen LogP contribution in [0.25, 0.3) is 10.6 Å². The highest BCUT2D eigenvalue weighted by Crippen LogP contribution is 2.27. The fourth-order valence-electron chi connectivity index (χ4n) is 2.43. The Bertz CT molecular complexity index is 1070. The number of thiazole rings is 1. The van der Waals surface area contributed by atoms with Gasteiger partial charge >= 0.3 is 5.97 Å². The Morgan fingerprint density at radius 3 is 2.70 bits per heavy atom. The monoisotopic (exact) mass is 439 g/mol. The van der Waals surface area contributed by atoms with Crippen LogP contribution in [0.15, 0.2) is 58.8 Å². The number of anilines is 1. The van der Waals surface area contributed by atoms with Crippen LogP contribution in [-0.2, 0) is 9.53 Å². The molecule has 152 valence electrons. The number of aromatic nitrogens is 1. The van der Waals surface area contributed by atoms with Crippen molar-refractivity contribution in [2.45, 2.75) is 4.90 Å². The van der Waals surface area contributed by atoms with Crippen LogP contribution < -0.4 is 10.1 Å². The van der Waals surface area contributed by atoms with Crippen LogP contribution in [0, 0.1) is 11.3 Å². The molecule has 0 aliphatic heterocycles. The minimum Gasteiger partial charge on any atom is -0.497 e. The largest absolute Gasteiger partial charge is 0.497 e. The number of methoxy groups -OCH3 is 1. The van der Waals surface area contributed by atoms with E-state index in [1.54, 1.807) is 30.7 Å². The van der Waals surface area contributed by atoms with Gasteiger partial charge in [-0.1, -0.05) is 12.1 Å². The number of ether oxygens (including phenoxy) is 2. The standard InChI is InChI=1S/C21H17N3O4S2/c1-27-15-8-6-14(7-9-15)20-24-17(13-30-20)21(26)28-12-19(25)23-16-4-2-3-5-18(16)29-11-10-22/h2-9,13H,11-12H2,1H3,(H,23,25). The number of hydrogen-bond acceptors (Lipinski definition) is 8. The topological polar surface area (TPSA) is 101 Å². The summed E-state index contributed by atoms with van der Waals surface area (Å²) in [4.78, 5) is 29.5. The summed E-state index contributed by atoms with van der Waals surface area (Å²) in [5, 5.41) is 13.7. The molecule has 1 heterocycles. The van der Waals surface area contributed by atoms with E-state index in [0.717, 1.165) is 16.2 Å². The minimum atomic E-state index is -0.673. The minimum absolute atomic E-state index is 0.142. The Labute approximate surface area is 181 Å². The SMILES string of the molecule is COc1ccc(-c2nc(C(=O)OCC(=O)Nc3ccccc3SCC#N)cs2)cc1. The molecule has 1 aromatic heterocycles. The molecular weight excluding hydrogens is 422 g/mol. The molecule has 9 heteroatoms. The van der Waals surface area contributed by atoms with Crippen LogP contribution in [0.5, 0.6) is 5.75 Å². The Balaban J connectivity index is 1.56. The number of thioether (sulfide) groups is 1. The number of nitriles is 1. The average molecular weight is 440 g/mol. The van der Waals surface area contributed by atoms with Crippen molar-refractivity contribution in [3.63, 3.8) is 0 Å². The third-order valence-corrected chi connectivity index (χ3v) is 5.67. The van der Waals surface area contributed by atoms with Gasteiger partial charge in [0.25, 0.3) is 5.91 Å². The van der Waals surface area contributed by atoms with E-state index in [4.69, 9.17) is 14.7 Å². The van der Waals surface area contributed by atoms with Gasteiger partial charge in [0.2, 0.25) is 0 Å². The summed E-state index contributed by atoms with van der Waals surface area (Å²) in [7, 11) is 1.59. The quantitative estimate of drug-likeness (QED) is 0.414. The number of rotatable bonds is 8. The first-order chi connectivity index (χ1) is 14.6. The van der Waals surface area contributed by atoms with Crippen molar-refractivity contribution in [3.8, 4) is 22.4 Å². The van der Waals surface area contributed by atoms with Crippen molar-refractivity contribution in [2.75, 3.05) is 24.8 Å². The first-order valence-corrected chi connectivity index (χ1v) is 10.6. The van der Waals surface area contributed by atoms with Gasteiger partial charge in [0.15, 0.2) is 12.3 Å². The molecule has 0 fully saturated rings. The lowest BCUT2D eigenvalue weighted by Crippen LogP contribution is -2.21. The fourth-order valence-corrected chi connectivity index (χ4v) is 3.90. The third kappa shape index (κ3) is 5.59. The van der Waals surface area contributed by atoms with Crippen molar-refractivity contribution in [1.82, 2.24) is 4.98 Å². The van der Waals surface area contributed by atoms with Crippen LogP contribution in [0.3, 0.4) is 0 Å². The van der Waals surface area contributed by atoms with E-state index in [1.165, 1.54) is 23.1 Å². The zero-order chi connectivity index (χ0) is 21.3. The zero-order valence-electron chi connectivity index (χ0n) is 16.0. The van der Waals surface area contributed by atoms with Crippen molar-refractivity contribution in [1.29, 1.82) is 5.26 Å². The van der Waals surface area contributed by atoms with E-state index in [2.05, 4.69) is 10.3 Å². The summed E-state index contributed by atoms with van der Waals surface area (Å²) in [6, 6.07) is 16.5. The lowest BCUT2D eigenvalue weighted by Gasteiger charge is -2.09. The van der Waals surface area contributed by atoms with Gasteiger partial charge in [-0.25, -0.2) is 9.78 Å². The second kappa shape index (κ2) is 10.4. The highest BCUT2D eigenvalue weighted by molar-refractivity contribution is 7.99. The maximum atomic E-state index is 12.2. The van der Waals surface area contributed by atoms with Crippen LogP contribution in [0.4, 0.5) is 5.69 Å². The molecule has 0 spiro atoms. The highest BCUT2D eigenvalue weighted by atomic mass is 32.2. The number of esters is 1. The number of nitrogens with zero attached hydrogens (tertiary/aromatic N) is 2. The zero-order valence-corrected chi connectivity index (χ0v) is 17.6. The maximum Gasteiger partial charge on any atom is 0.358 e. The van der Waals surface area contributed by atoms with E-state index >= 15 is 0 Å². The molecule has 1 amide bonds. The molecule has 0 unspecified atom stereocenters. The van der Waals surface area contributed by atoms with Gasteiger partial charge in [0.1, 0.15) is 10.8 Å². The van der Waals surface area contributed by atoms with Crippen molar-refractivity contribution in [3.05, 3.63) is 59.6 Å². The summed E-state index contributed by atoms with van der Waals surface area (Å²) < 4.78 is 10.2. The van der Waals surface area contributed by atoms with Crippen molar-refractivity contribution in [2.24, 2.45) is 0 Å². The van der Waals surface area contributed by atoms with Crippen LogP contribution in [-0.4, -0.2) is 36.3 Å². The lowest BCUT2D eigenvalue weighted by atomic mass is 10.2. The van der Waals surface area contributed by atoms with E-state index in [9.17, 15) is 9.59 Å². The normalized spacial score (nSPS) is 10.1. The first-order valence-electron chi connectivity index (χ1n) is 8.76. The van der Waals surface area contributed by atoms with Gasteiger partial charge in [0.05, 0.1) is 24.6 Å². The number of benzene rings is 2. The molecule has 0 atom stereocenters. The van der Waals surface area contributed by atoms with Gasteiger partial charge in [0, 0.05) is 15.8 Å². The molecule has 1 N–H and O–H groups in total. The lowest BCUT2D eigenvalue weighted by molar-refractivity contribution is -0.119. The molecule has 0 radical (unpaired) electrons. The molecule has 0 saturated heterocycles. The maximum absolute atomic E-state index is 12.2. The second-order valence-corrected chi connectivity index (χ2v) is 7.71. The van der Waals surface area contributed by atoms with Crippen molar-refractivity contribution >= 4 is 40.7 Å². The third-order valence-electron chi connectivity index (χ3n) is 3.84. The molecule has 0 aliphatic rings. The molecular formula is C21H17N3O4S2. The summed E-state index contributed by atoms with van der Waals surface area (Å²) in [6.07, 6.45) is 0. The Morgan fingerprint density at radius 2 is 1.97 bits per heavy atom. The predicted molar refractivity (Wildman–Crippen MR) is 116 cm³/mol. The summed E-state index contributed by atoms with van der Waals surface area (Å²) in [6.45, 7) is -0.439. The molecule has 0 aliphatic carbocycles. The van der Waals surface area contributed by atoms with Crippen LogP contribution in [0.2, 0.25) is 0 Å². The van der Waals surface area contributed by atoms with Gasteiger partial charge in [-0.3, -0.25) is 4.79 Å². The van der Waals surface area contributed by atoms with E-state index < -0.39 is 18.5 Å². The Hall–Kier alpha value is -3.35. The summed E-state index contributed by atoms with van der Waals surface area (Å²) in [5.74, 6) is -0.150. The summed E-state index contributed by atoms with van der Waals surface area (Å²) >= 11 is 2.62. The number of amides is 1. The molecule has 2 aromatic carbocycles. The number of nitrogens with one attached hydrogen (secondary N) is 1. The fraction of sp³-hybridized carbons (Fsp3) is 0.143. The molecule has 3 aromatic rings. The molecule has 3 rings (SSSR count). The first kappa shape index (κ1) is 21.4. The smallest absolute Gasteiger partial charge is 0.358 e.